The standard InChI is InChI=1S/C15H20N2S/c1-10(2)15(7-8-15)9-17-12-6-4-5-11(3)13(12)16-14(17)18/h4-6,10H,7-9H2,1-3H3,(H,16,18). The van der Waals surface area contributed by atoms with Crippen molar-refractivity contribution in [3.05, 3.63) is 28.5 Å². The molecule has 0 amide bonds. The molecule has 18 heavy (non-hydrogen) atoms. The summed E-state index contributed by atoms with van der Waals surface area (Å²) in [5, 5.41) is 0. The van der Waals surface area contributed by atoms with Crippen molar-refractivity contribution in [1.82, 2.24) is 9.55 Å². The SMILES string of the molecule is Cc1cccc2c1[nH]c(=S)n2CC1(C(C)C)CC1. The third-order valence-corrected chi connectivity index (χ3v) is 4.93. The normalized spacial score (nSPS) is 17.6. The lowest BCUT2D eigenvalue weighted by Gasteiger charge is -2.20. The molecule has 1 fully saturated rings. The first-order valence-corrected chi connectivity index (χ1v) is 7.12. The van der Waals surface area contributed by atoms with Gasteiger partial charge in [0.05, 0.1) is 11.0 Å². The molecule has 1 aromatic heterocycles. The van der Waals surface area contributed by atoms with E-state index in [4.69, 9.17) is 12.2 Å². The fourth-order valence-electron chi connectivity index (χ4n) is 2.87. The maximum absolute atomic E-state index is 5.50. The number of para-hydroxylation sites is 1. The number of rotatable bonds is 3. The highest BCUT2D eigenvalue weighted by Crippen LogP contribution is 2.53. The number of nitrogens with one attached hydrogen (secondary N) is 1. The Labute approximate surface area is 113 Å². The summed E-state index contributed by atoms with van der Waals surface area (Å²) in [5.74, 6) is 0.731. The zero-order valence-corrected chi connectivity index (χ0v) is 12.1. The van der Waals surface area contributed by atoms with E-state index in [1.807, 2.05) is 0 Å². The lowest BCUT2D eigenvalue weighted by molar-refractivity contribution is 0.311. The van der Waals surface area contributed by atoms with Crippen LogP contribution >= 0.6 is 12.2 Å². The van der Waals surface area contributed by atoms with Gasteiger partial charge in [-0.05, 0) is 54.9 Å². The Morgan fingerprint density at radius 1 is 1.39 bits per heavy atom. The maximum atomic E-state index is 5.50. The van der Waals surface area contributed by atoms with Gasteiger partial charge in [-0.15, -0.1) is 0 Å². The van der Waals surface area contributed by atoms with Crippen molar-refractivity contribution < 1.29 is 0 Å². The lowest BCUT2D eigenvalue weighted by Crippen LogP contribution is -2.17. The van der Waals surface area contributed by atoms with Crippen LogP contribution in [0.25, 0.3) is 11.0 Å². The van der Waals surface area contributed by atoms with Gasteiger partial charge in [-0.3, -0.25) is 0 Å². The van der Waals surface area contributed by atoms with Crippen LogP contribution in [0.2, 0.25) is 0 Å². The fourth-order valence-corrected chi connectivity index (χ4v) is 3.14. The first-order valence-electron chi connectivity index (χ1n) is 6.72. The molecule has 1 heterocycles. The molecule has 1 aromatic carbocycles. The number of fused-ring (bicyclic) bond motifs is 1. The second-order valence-corrected chi connectivity index (χ2v) is 6.39. The monoisotopic (exact) mass is 260 g/mol. The van der Waals surface area contributed by atoms with E-state index in [1.54, 1.807) is 0 Å². The summed E-state index contributed by atoms with van der Waals surface area (Å²) in [4.78, 5) is 3.36. The molecule has 3 rings (SSSR count). The van der Waals surface area contributed by atoms with Crippen LogP contribution in [0, 0.1) is 23.0 Å². The average Bonchev–Trinajstić information content (AvgIpc) is 3.03. The van der Waals surface area contributed by atoms with E-state index in [0.29, 0.717) is 5.41 Å². The molecule has 0 spiro atoms. The Hall–Kier alpha value is -1.09. The quantitative estimate of drug-likeness (QED) is 0.809. The average molecular weight is 260 g/mol. The highest BCUT2D eigenvalue weighted by Gasteiger charge is 2.45. The highest BCUT2D eigenvalue weighted by atomic mass is 32.1. The minimum atomic E-state index is 0.483. The molecule has 1 aliphatic carbocycles. The summed E-state index contributed by atoms with van der Waals surface area (Å²) in [6, 6.07) is 6.42. The van der Waals surface area contributed by atoms with Gasteiger partial charge in [0.25, 0.3) is 0 Å². The molecule has 0 atom stereocenters. The van der Waals surface area contributed by atoms with E-state index in [1.165, 1.54) is 29.4 Å². The Bertz CT molecular complexity index is 644. The number of aromatic nitrogens is 2. The molecule has 0 radical (unpaired) electrons. The van der Waals surface area contributed by atoms with Gasteiger partial charge in [-0.1, -0.05) is 26.0 Å². The summed E-state index contributed by atoms with van der Waals surface area (Å²) >= 11 is 5.50. The first-order chi connectivity index (χ1) is 8.53. The Balaban J connectivity index is 2.10. The molecule has 2 aromatic rings. The molecule has 2 nitrogen and oxygen atoms in total. The van der Waals surface area contributed by atoms with Crippen molar-refractivity contribution in [3.63, 3.8) is 0 Å². The van der Waals surface area contributed by atoms with Crippen molar-refractivity contribution in [2.45, 2.75) is 40.2 Å². The fraction of sp³-hybridized carbons (Fsp3) is 0.533. The third kappa shape index (κ3) is 1.72. The van der Waals surface area contributed by atoms with Crippen molar-refractivity contribution in [3.8, 4) is 0 Å². The van der Waals surface area contributed by atoms with Crippen molar-refractivity contribution in [2.24, 2.45) is 11.3 Å². The molecular formula is C15H20N2S. The summed E-state index contributed by atoms with van der Waals surface area (Å²) in [6.45, 7) is 7.85. The van der Waals surface area contributed by atoms with E-state index < -0.39 is 0 Å². The Morgan fingerprint density at radius 3 is 2.72 bits per heavy atom. The Morgan fingerprint density at radius 2 is 2.11 bits per heavy atom. The molecule has 0 bridgehead atoms. The van der Waals surface area contributed by atoms with Gasteiger partial charge in [-0.2, -0.15) is 0 Å². The second kappa shape index (κ2) is 3.95. The smallest absolute Gasteiger partial charge is 0.178 e. The topological polar surface area (TPSA) is 20.7 Å². The van der Waals surface area contributed by atoms with Gasteiger partial charge in [0.15, 0.2) is 4.77 Å². The van der Waals surface area contributed by atoms with Crippen LogP contribution in [-0.4, -0.2) is 9.55 Å². The number of H-pyrrole nitrogens is 1. The molecule has 0 aliphatic heterocycles. The predicted octanol–water partition coefficient (Wildman–Crippen LogP) is 4.44. The molecule has 1 saturated carbocycles. The zero-order valence-electron chi connectivity index (χ0n) is 11.3. The molecule has 1 aliphatic rings. The summed E-state index contributed by atoms with van der Waals surface area (Å²) in [5.41, 5.74) is 4.21. The summed E-state index contributed by atoms with van der Waals surface area (Å²) in [6.07, 6.45) is 2.68. The van der Waals surface area contributed by atoms with Gasteiger partial charge < -0.3 is 9.55 Å². The highest BCUT2D eigenvalue weighted by molar-refractivity contribution is 7.71. The zero-order chi connectivity index (χ0) is 12.9. The van der Waals surface area contributed by atoms with Gasteiger partial charge in [-0.25, -0.2) is 0 Å². The van der Waals surface area contributed by atoms with Crippen molar-refractivity contribution in [2.75, 3.05) is 0 Å². The molecular weight excluding hydrogens is 240 g/mol. The van der Waals surface area contributed by atoms with Crippen molar-refractivity contribution in [1.29, 1.82) is 0 Å². The molecule has 0 unspecified atom stereocenters. The summed E-state index contributed by atoms with van der Waals surface area (Å²) < 4.78 is 3.16. The van der Waals surface area contributed by atoms with Crippen LogP contribution < -0.4 is 0 Å². The molecule has 96 valence electrons. The largest absolute Gasteiger partial charge is 0.330 e. The minimum absolute atomic E-state index is 0.483. The van der Waals surface area contributed by atoms with Gasteiger partial charge >= 0.3 is 0 Å². The summed E-state index contributed by atoms with van der Waals surface area (Å²) in [7, 11) is 0. The van der Waals surface area contributed by atoms with Crippen LogP contribution in [0.1, 0.15) is 32.3 Å². The van der Waals surface area contributed by atoms with Crippen LogP contribution in [0.5, 0.6) is 0 Å². The molecule has 0 saturated heterocycles. The van der Waals surface area contributed by atoms with Crippen molar-refractivity contribution >= 4 is 23.3 Å². The van der Waals surface area contributed by atoms with E-state index in [0.717, 1.165) is 17.2 Å². The first kappa shape index (κ1) is 12.0. The number of imidazole rings is 1. The number of benzene rings is 1. The lowest BCUT2D eigenvalue weighted by atomic mass is 9.92. The van der Waals surface area contributed by atoms with E-state index in [9.17, 15) is 0 Å². The second-order valence-electron chi connectivity index (χ2n) is 6.00. The maximum Gasteiger partial charge on any atom is 0.178 e. The molecule has 1 N–H and O–H groups in total. The number of aromatic amines is 1. The predicted molar refractivity (Wildman–Crippen MR) is 78.4 cm³/mol. The van der Waals surface area contributed by atoms with Gasteiger partial charge in [0.2, 0.25) is 0 Å². The van der Waals surface area contributed by atoms with Crippen LogP contribution in [0.15, 0.2) is 18.2 Å². The van der Waals surface area contributed by atoms with Gasteiger partial charge in [0.1, 0.15) is 0 Å². The van der Waals surface area contributed by atoms with Crippen LogP contribution in [0.4, 0.5) is 0 Å². The number of hydrogen-bond donors (Lipinski definition) is 1. The minimum Gasteiger partial charge on any atom is -0.330 e. The third-order valence-electron chi connectivity index (χ3n) is 4.61. The van der Waals surface area contributed by atoms with E-state index >= 15 is 0 Å². The van der Waals surface area contributed by atoms with E-state index in [-0.39, 0.29) is 0 Å². The van der Waals surface area contributed by atoms with Crippen LogP contribution in [-0.2, 0) is 6.54 Å². The number of aryl methyl sites for hydroxylation is 1. The van der Waals surface area contributed by atoms with Gasteiger partial charge in [0, 0.05) is 6.54 Å². The van der Waals surface area contributed by atoms with Crippen LogP contribution in [0.3, 0.4) is 0 Å². The van der Waals surface area contributed by atoms with E-state index in [2.05, 4.69) is 48.5 Å². The number of hydrogen-bond acceptors (Lipinski definition) is 1. The number of nitrogens with zero attached hydrogens (tertiary/aromatic N) is 1. The Kier molecular flexibility index (Phi) is 2.63. The molecule has 3 heteroatoms.